The molecule has 0 atom stereocenters. The molecule has 0 aliphatic carbocycles. The van der Waals surface area contributed by atoms with Crippen LogP contribution < -0.4 is 0 Å². The fraction of sp³-hybridized carbons (Fsp3) is 0.267. The van der Waals surface area contributed by atoms with Crippen molar-refractivity contribution >= 4 is 5.57 Å². The molecule has 158 valence electrons. The molecule has 2 rings (SSSR count). The van der Waals surface area contributed by atoms with Crippen LogP contribution in [0.2, 0.25) is 0 Å². The Morgan fingerprint density at radius 1 is 0.967 bits per heavy atom. The Hall–Kier alpha value is -2.86. The number of hydrogen-bond donors (Lipinski definition) is 0. The molecule has 0 aliphatic rings. The van der Waals surface area contributed by atoms with E-state index in [-0.39, 0.29) is 0 Å². The lowest BCUT2D eigenvalue weighted by molar-refractivity contribution is 1.04. The Bertz CT molecular complexity index is 886. The number of hydrogen-bond acceptors (Lipinski definition) is 0. The van der Waals surface area contributed by atoms with Gasteiger partial charge in [0.1, 0.15) is 0 Å². The number of allylic oxidation sites excluding steroid dienone is 8. The summed E-state index contributed by atoms with van der Waals surface area (Å²) < 4.78 is 0. The van der Waals surface area contributed by atoms with Gasteiger partial charge < -0.3 is 0 Å². The van der Waals surface area contributed by atoms with Crippen molar-refractivity contribution in [3.63, 3.8) is 0 Å². The van der Waals surface area contributed by atoms with E-state index in [0.717, 1.165) is 19.3 Å². The van der Waals surface area contributed by atoms with Gasteiger partial charge in [-0.1, -0.05) is 124 Å². The van der Waals surface area contributed by atoms with E-state index in [9.17, 15) is 0 Å². The van der Waals surface area contributed by atoms with Crippen LogP contribution in [0.4, 0.5) is 0 Å². The van der Waals surface area contributed by atoms with Crippen LogP contribution in [0.1, 0.15) is 58.1 Å². The molecule has 0 amide bonds. The minimum Gasteiger partial charge on any atom is -0.0991 e. The minimum absolute atomic E-state index is 0.909. The molecule has 2 aromatic rings. The highest BCUT2D eigenvalue weighted by Crippen LogP contribution is 2.27. The normalized spacial score (nSPS) is 11.8. The third-order valence-corrected chi connectivity index (χ3v) is 4.96. The van der Waals surface area contributed by atoms with Gasteiger partial charge in [-0.25, -0.2) is 0 Å². The molecule has 0 heteroatoms. The molecule has 0 nitrogen and oxygen atoms in total. The first-order chi connectivity index (χ1) is 14.5. The van der Waals surface area contributed by atoms with Gasteiger partial charge >= 0.3 is 0 Å². The summed E-state index contributed by atoms with van der Waals surface area (Å²) in [6, 6.07) is 17.3. The predicted molar refractivity (Wildman–Crippen MR) is 138 cm³/mol. The molecule has 0 saturated carbocycles. The van der Waals surface area contributed by atoms with Crippen molar-refractivity contribution in [3.05, 3.63) is 114 Å². The van der Waals surface area contributed by atoms with Crippen LogP contribution in [-0.4, -0.2) is 0 Å². The third-order valence-electron chi connectivity index (χ3n) is 4.96. The smallest absolute Gasteiger partial charge is 0.00640 e. The molecule has 0 spiro atoms. The molecule has 30 heavy (non-hydrogen) atoms. The van der Waals surface area contributed by atoms with Crippen LogP contribution in [0, 0.1) is 6.92 Å². The molecule has 0 unspecified atom stereocenters. The van der Waals surface area contributed by atoms with Gasteiger partial charge in [-0.3, -0.25) is 0 Å². The number of rotatable bonds is 9. The quantitative estimate of drug-likeness (QED) is 0.369. The fourth-order valence-electron chi connectivity index (χ4n) is 3.14. The summed E-state index contributed by atoms with van der Waals surface area (Å²) in [5.41, 5.74) is 8.98. The average molecular weight is 399 g/mol. The van der Waals surface area contributed by atoms with Crippen molar-refractivity contribution in [1.82, 2.24) is 0 Å². The predicted octanol–water partition coefficient (Wildman–Crippen LogP) is 9.51. The molecule has 0 radical (unpaired) electrons. The molecule has 0 saturated heterocycles. The van der Waals surface area contributed by atoms with Crippen LogP contribution in [0.25, 0.3) is 16.7 Å². The molecule has 0 N–H and O–H groups in total. The third kappa shape index (κ3) is 8.25. The van der Waals surface area contributed by atoms with Crippen molar-refractivity contribution in [2.45, 2.75) is 53.9 Å². The van der Waals surface area contributed by atoms with Gasteiger partial charge in [0.25, 0.3) is 0 Å². The van der Waals surface area contributed by atoms with Crippen LogP contribution in [0.3, 0.4) is 0 Å². The van der Waals surface area contributed by atoms with Crippen molar-refractivity contribution in [2.24, 2.45) is 0 Å². The zero-order chi connectivity index (χ0) is 22.4. The monoisotopic (exact) mass is 398 g/mol. The Kier molecular flexibility index (Phi) is 11.9. The van der Waals surface area contributed by atoms with E-state index in [1.807, 2.05) is 26.0 Å². The lowest BCUT2D eigenvalue weighted by Crippen LogP contribution is -1.89. The highest BCUT2D eigenvalue weighted by atomic mass is 14.1. The second-order valence-electron chi connectivity index (χ2n) is 7.23. The average Bonchev–Trinajstić information content (AvgIpc) is 2.78. The first-order valence-corrected chi connectivity index (χ1v) is 11.0. The molecule has 0 heterocycles. The van der Waals surface area contributed by atoms with Gasteiger partial charge in [0, 0.05) is 0 Å². The topological polar surface area (TPSA) is 0 Å². The molecule has 2 aromatic carbocycles. The number of aryl methyl sites for hydroxylation is 1. The summed E-state index contributed by atoms with van der Waals surface area (Å²) in [5.74, 6) is 0. The molecule has 0 aromatic heterocycles. The van der Waals surface area contributed by atoms with Gasteiger partial charge in [0.15, 0.2) is 0 Å². The summed E-state index contributed by atoms with van der Waals surface area (Å²) in [6.07, 6.45) is 13.3. The van der Waals surface area contributed by atoms with Crippen LogP contribution in [0.5, 0.6) is 0 Å². The first-order valence-electron chi connectivity index (χ1n) is 11.0. The van der Waals surface area contributed by atoms with E-state index in [0.29, 0.717) is 0 Å². The zero-order valence-corrected chi connectivity index (χ0v) is 19.5. The Morgan fingerprint density at radius 2 is 1.63 bits per heavy atom. The largest absolute Gasteiger partial charge is 0.0991 e. The molecule has 0 bridgehead atoms. The molecule has 0 aliphatic heterocycles. The standard InChI is InChI=1S/C28H32.C2H6/c1-6-8-9-12-22(3)15-16-25(7-2)21-24(5)26-17-19-27(20-18-26)28-14-11-10-13-23(28)4;1-2/h6,8-11,13-20H,1,5,7,12,21H2,2-4H3;1-2H3/b9-8-,22-15-,25-16+;. The van der Waals surface area contributed by atoms with Gasteiger partial charge in [0.05, 0.1) is 0 Å². The Labute approximate surface area is 185 Å². The number of benzene rings is 2. The lowest BCUT2D eigenvalue weighted by atomic mass is 9.94. The molecular formula is C30H38. The molecule has 0 fully saturated rings. The highest BCUT2D eigenvalue weighted by molar-refractivity contribution is 5.72. The van der Waals surface area contributed by atoms with E-state index in [2.05, 4.69) is 101 Å². The Morgan fingerprint density at radius 3 is 2.23 bits per heavy atom. The summed E-state index contributed by atoms with van der Waals surface area (Å²) in [5, 5.41) is 0. The van der Waals surface area contributed by atoms with Gasteiger partial charge in [-0.15, -0.1) is 0 Å². The van der Waals surface area contributed by atoms with E-state index >= 15 is 0 Å². The van der Waals surface area contributed by atoms with Gasteiger partial charge in [-0.05, 0) is 60.9 Å². The van der Waals surface area contributed by atoms with Crippen molar-refractivity contribution in [2.75, 3.05) is 0 Å². The van der Waals surface area contributed by atoms with Gasteiger partial charge in [0.2, 0.25) is 0 Å². The first kappa shape index (κ1) is 25.2. The Balaban J connectivity index is 0.00000218. The summed E-state index contributed by atoms with van der Waals surface area (Å²) in [7, 11) is 0. The second kappa shape index (κ2) is 14.2. The summed E-state index contributed by atoms with van der Waals surface area (Å²) in [6.45, 7) is 18.6. The zero-order valence-electron chi connectivity index (χ0n) is 19.5. The maximum atomic E-state index is 4.34. The van der Waals surface area contributed by atoms with Crippen molar-refractivity contribution in [3.8, 4) is 11.1 Å². The van der Waals surface area contributed by atoms with Crippen LogP contribution >= 0.6 is 0 Å². The summed E-state index contributed by atoms with van der Waals surface area (Å²) >= 11 is 0. The summed E-state index contributed by atoms with van der Waals surface area (Å²) in [4.78, 5) is 0. The van der Waals surface area contributed by atoms with E-state index < -0.39 is 0 Å². The van der Waals surface area contributed by atoms with E-state index in [1.54, 1.807) is 0 Å². The lowest BCUT2D eigenvalue weighted by Gasteiger charge is -2.11. The van der Waals surface area contributed by atoms with E-state index in [4.69, 9.17) is 0 Å². The fourth-order valence-corrected chi connectivity index (χ4v) is 3.14. The van der Waals surface area contributed by atoms with Gasteiger partial charge in [-0.2, -0.15) is 0 Å². The highest BCUT2D eigenvalue weighted by Gasteiger charge is 2.05. The van der Waals surface area contributed by atoms with E-state index in [1.165, 1.54) is 39.0 Å². The maximum absolute atomic E-state index is 4.34. The van der Waals surface area contributed by atoms with Crippen molar-refractivity contribution in [1.29, 1.82) is 0 Å². The molecular weight excluding hydrogens is 360 g/mol. The van der Waals surface area contributed by atoms with Crippen LogP contribution in [0.15, 0.2) is 103 Å². The second-order valence-corrected chi connectivity index (χ2v) is 7.23. The van der Waals surface area contributed by atoms with Crippen molar-refractivity contribution < 1.29 is 0 Å². The SMILES string of the molecule is C=C/C=C\C/C(C)=C\C=C(/CC)CC(=C)c1ccc(-c2ccccc2C)cc1.CC. The minimum atomic E-state index is 0.909. The maximum Gasteiger partial charge on any atom is -0.00640 e. The van der Waals surface area contributed by atoms with Crippen LogP contribution in [-0.2, 0) is 0 Å².